The zero-order valence-electron chi connectivity index (χ0n) is 34.8. The van der Waals surface area contributed by atoms with Crippen LogP contribution in [0.15, 0.2) is 170 Å². The highest BCUT2D eigenvalue weighted by Gasteiger charge is 2.24. The molecule has 0 saturated heterocycles. The fraction of sp³-hybridized carbons (Fsp3) is 0. The van der Waals surface area contributed by atoms with E-state index in [9.17, 15) is 0 Å². The summed E-state index contributed by atoms with van der Waals surface area (Å²) < 4.78 is 93.2. The topological polar surface area (TPSA) is 9.23 Å². The second-order valence-electron chi connectivity index (χ2n) is 11.6. The minimum atomic E-state index is -0.486. The summed E-state index contributed by atoms with van der Waals surface area (Å²) in [7, 11) is 0. The van der Waals surface area contributed by atoms with Crippen molar-refractivity contribution in [2.24, 2.45) is 0 Å². The van der Waals surface area contributed by atoms with Gasteiger partial charge in [0.25, 0.3) is 0 Å². The van der Waals surface area contributed by atoms with Gasteiger partial charge in [0.2, 0.25) is 0 Å². The number of para-hydroxylation sites is 1. The van der Waals surface area contributed by atoms with Crippen LogP contribution in [0.2, 0.25) is 0 Å². The van der Waals surface area contributed by atoms with Crippen molar-refractivity contribution in [3.05, 3.63) is 170 Å². The minimum absolute atomic E-state index is 0.0662. The molecule has 1 nitrogen and oxygen atoms in total. The molecular weight excluding hydrogens is 569 g/mol. The van der Waals surface area contributed by atoms with Gasteiger partial charge >= 0.3 is 0 Å². The quantitative estimate of drug-likeness (QED) is 0.144. The molecule has 0 saturated carbocycles. The molecule has 9 aromatic rings. The molecule has 0 radical (unpaired) electrons. The molecule has 0 unspecified atom stereocenters. The van der Waals surface area contributed by atoms with Crippen LogP contribution >= 0.6 is 0 Å². The zero-order chi connectivity index (χ0) is 39.6. The third-order valence-corrected chi connectivity index (χ3v) is 9.23. The summed E-state index contributed by atoms with van der Waals surface area (Å²) >= 11 is 0. The molecular formula is C46H28O. The lowest BCUT2D eigenvalue weighted by molar-refractivity contribution is 0.487. The molecule has 0 atom stereocenters. The Hall–Kier alpha value is -6.18. The maximum absolute atomic E-state index is 9.12. The summed E-state index contributed by atoms with van der Waals surface area (Å²) in [5, 5.41) is 5.93. The first kappa shape index (κ1) is 18.1. The van der Waals surface area contributed by atoms with Crippen LogP contribution in [0.1, 0.15) is 13.7 Å². The van der Waals surface area contributed by atoms with Crippen molar-refractivity contribution in [2.45, 2.75) is 0 Å². The maximum atomic E-state index is 9.12. The van der Waals surface area contributed by atoms with Crippen LogP contribution in [-0.2, 0) is 0 Å². The third-order valence-electron chi connectivity index (χ3n) is 9.23. The molecule has 0 amide bonds. The Morgan fingerprint density at radius 1 is 0.340 bits per heavy atom. The Morgan fingerprint density at radius 2 is 0.936 bits per heavy atom. The van der Waals surface area contributed by atoms with Crippen LogP contribution in [0.25, 0.3) is 87.6 Å². The van der Waals surface area contributed by atoms with E-state index in [0.29, 0.717) is 43.8 Å². The van der Waals surface area contributed by atoms with Crippen molar-refractivity contribution >= 4 is 43.1 Å². The van der Waals surface area contributed by atoms with E-state index in [1.807, 2.05) is 78.9 Å². The normalized spacial score (nSPS) is 15.0. The minimum Gasteiger partial charge on any atom is -0.456 e. The predicted octanol–water partition coefficient (Wildman–Crippen LogP) is 13.1. The Bertz CT molecular complexity index is 3220. The Balaban J connectivity index is 1.43. The molecule has 1 aliphatic heterocycles. The summed E-state index contributed by atoms with van der Waals surface area (Å²) in [6, 6.07) is 30.8. The molecule has 0 aliphatic carbocycles. The first-order valence-corrected chi connectivity index (χ1v) is 15.4. The molecule has 0 aromatic heterocycles. The van der Waals surface area contributed by atoms with Crippen LogP contribution in [0.4, 0.5) is 0 Å². The zero-order valence-corrected chi connectivity index (χ0v) is 24.8. The van der Waals surface area contributed by atoms with E-state index in [4.69, 9.17) is 18.4 Å². The molecule has 10 rings (SSSR count). The molecule has 1 heterocycles. The van der Waals surface area contributed by atoms with E-state index in [0.717, 1.165) is 44.2 Å². The standard InChI is InChI=1S/C46H28O/c1-3-13-29(14-4-1)31-20-11-21-34-32(31)25-28-40-43(30-15-5-2-6-16-30)35-18-7-8-19-37(35)45(46(34)40)39-27-26-38-33-17-9-10-23-41(33)47-42-24-12-22-36(39)44(38)42/h1-28H/i1D,2D,3D,4D,5D,6D,13D,14D,15D,16D. The summed E-state index contributed by atoms with van der Waals surface area (Å²) in [5.74, 6) is 1.47. The maximum Gasteiger partial charge on any atom is 0.135 e. The van der Waals surface area contributed by atoms with E-state index in [-0.39, 0.29) is 35.3 Å². The molecule has 9 aromatic carbocycles. The second-order valence-corrected chi connectivity index (χ2v) is 11.6. The van der Waals surface area contributed by atoms with Crippen LogP contribution in [0.5, 0.6) is 11.5 Å². The van der Waals surface area contributed by atoms with Gasteiger partial charge in [-0.15, -0.1) is 0 Å². The highest BCUT2D eigenvalue weighted by molar-refractivity contribution is 6.30. The van der Waals surface area contributed by atoms with Crippen LogP contribution in [0.3, 0.4) is 0 Å². The highest BCUT2D eigenvalue weighted by Crippen LogP contribution is 2.52. The largest absolute Gasteiger partial charge is 0.456 e. The van der Waals surface area contributed by atoms with Crippen molar-refractivity contribution < 1.29 is 18.4 Å². The SMILES string of the molecule is [2H]c1c([2H])c([2H])c(-c2cccc3c2ccc2c(-c4c([2H])c([2H])c([2H])c([2H])c4[2H])c4ccccc4c(-c4ccc5c6c(cccc46)Oc4ccccc4-5)c23)c([2H])c1[2H]. The van der Waals surface area contributed by atoms with Crippen LogP contribution < -0.4 is 4.74 Å². The lowest BCUT2D eigenvalue weighted by atomic mass is 9.81. The smallest absolute Gasteiger partial charge is 0.135 e. The lowest BCUT2D eigenvalue weighted by Crippen LogP contribution is -1.98. The number of benzene rings is 9. The molecule has 0 N–H and O–H groups in total. The summed E-state index contributed by atoms with van der Waals surface area (Å²) in [6.45, 7) is 0. The molecule has 0 bridgehead atoms. The second kappa shape index (κ2) is 10.2. The van der Waals surface area contributed by atoms with Gasteiger partial charge in [0.05, 0.1) is 13.7 Å². The van der Waals surface area contributed by atoms with Gasteiger partial charge in [-0.2, -0.15) is 0 Å². The van der Waals surface area contributed by atoms with Crippen molar-refractivity contribution in [3.63, 3.8) is 0 Å². The van der Waals surface area contributed by atoms with E-state index < -0.39 is 36.3 Å². The van der Waals surface area contributed by atoms with E-state index in [1.165, 1.54) is 0 Å². The highest BCUT2D eigenvalue weighted by atomic mass is 16.5. The Morgan fingerprint density at radius 3 is 1.77 bits per heavy atom. The van der Waals surface area contributed by atoms with Crippen molar-refractivity contribution in [1.29, 1.82) is 0 Å². The van der Waals surface area contributed by atoms with E-state index in [2.05, 4.69) is 18.2 Å². The molecule has 47 heavy (non-hydrogen) atoms. The monoisotopic (exact) mass is 606 g/mol. The fourth-order valence-corrected chi connectivity index (χ4v) is 7.36. The fourth-order valence-electron chi connectivity index (χ4n) is 7.36. The average Bonchev–Trinajstić information content (AvgIpc) is 3.23. The number of ether oxygens (including phenoxy) is 1. The number of fused-ring (bicyclic) bond motifs is 6. The van der Waals surface area contributed by atoms with Crippen molar-refractivity contribution in [3.8, 4) is 56.0 Å². The predicted molar refractivity (Wildman–Crippen MR) is 198 cm³/mol. The number of rotatable bonds is 3. The summed E-state index contributed by atoms with van der Waals surface area (Å²) in [6.07, 6.45) is 0. The molecule has 0 fully saturated rings. The molecule has 0 spiro atoms. The van der Waals surface area contributed by atoms with Gasteiger partial charge in [0.1, 0.15) is 11.5 Å². The van der Waals surface area contributed by atoms with Gasteiger partial charge in [-0.1, -0.05) is 157 Å². The van der Waals surface area contributed by atoms with E-state index in [1.54, 1.807) is 12.1 Å². The summed E-state index contributed by atoms with van der Waals surface area (Å²) in [5.41, 5.74) is 4.72. The van der Waals surface area contributed by atoms with Gasteiger partial charge in [0.15, 0.2) is 0 Å². The molecule has 1 heteroatoms. The Labute approximate surface area is 287 Å². The van der Waals surface area contributed by atoms with Gasteiger partial charge in [-0.25, -0.2) is 0 Å². The number of hydrogen-bond donors (Lipinski definition) is 0. The molecule has 218 valence electrons. The van der Waals surface area contributed by atoms with Gasteiger partial charge < -0.3 is 4.74 Å². The first-order chi connectivity index (χ1) is 27.5. The van der Waals surface area contributed by atoms with Gasteiger partial charge in [-0.05, 0) is 88.8 Å². The van der Waals surface area contributed by atoms with Crippen LogP contribution in [0, 0.1) is 0 Å². The van der Waals surface area contributed by atoms with Gasteiger partial charge in [0, 0.05) is 10.9 Å². The van der Waals surface area contributed by atoms with Gasteiger partial charge in [-0.3, -0.25) is 0 Å². The third kappa shape index (κ3) is 3.84. The average molecular weight is 607 g/mol. The Kier molecular flexibility index (Phi) is 3.91. The number of hydrogen-bond acceptors (Lipinski definition) is 1. The van der Waals surface area contributed by atoms with E-state index >= 15 is 0 Å². The molecule has 1 aliphatic rings. The first-order valence-electron chi connectivity index (χ1n) is 20.4. The van der Waals surface area contributed by atoms with Crippen molar-refractivity contribution in [2.75, 3.05) is 0 Å². The van der Waals surface area contributed by atoms with Crippen LogP contribution in [-0.4, -0.2) is 0 Å². The summed E-state index contributed by atoms with van der Waals surface area (Å²) in [4.78, 5) is 0. The van der Waals surface area contributed by atoms with Crippen molar-refractivity contribution in [1.82, 2.24) is 0 Å². The lowest BCUT2D eigenvalue weighted by Gasteiger charge is -2.24.